The van der Waals surface area contributed by atoms with E-state index in [1.807, 2.05) is 0 Å². The van der Waals surface area contributed by atoms with Crippen molar-refractivity contribution < 1.29 is 9.13 Å². The molecular formula is C14H23FN2O. The molecule has 1 aromatic rings. The van der Waals surface area contributed by atoms with Crippen LogP contribution < -0.4 is 10.1 Å². The number of ether oxygens (including phenoxy) is 1. The molecule has 0 heterocycles. The molecule has 0 bridgehead atoms. The van der Waals surface area contributed by atoms with Gasteiger partial charge in [-0.15, -0.1) is 0 Å². The summed E-state index contributed by atoms with van der Waals surface area (Å²) in [4.78, 5) is 2.25. The summed E-state index contributed by atoms with van der Waals surface area (Å²) in [5, 5.41) is 3.42. The third-order valence-electron chi connectivity index (χ3n) is 3.00. The number of hydrogen-bond donors (Lipinski definition) is 1. The number of halogens is 1. The zero-order chi connectivity index (χ0) is 13.5. The third-order valence-corrected chi connectivity index (χ3v) is 3.00. The zero-order valence-electron chi connectivity index (χ0n) is 11.7. The Labute approximate surface area is 109 Å². The van der Waals surface area contributed by atoms with Gasteiger partial charge in [0.25, 0.3) is 0 Å². The summed E-state index contributed by atoms with van der Waals surface area (Å²) in [5.41, 5.74) is 1.03. The Morgan fingerprint density at radius 2 is 2.17 bits per heavy atom. The summed E-state index contributed by atoms with van der Waals surface area (Å²) in [7, 11) is 3.58. The van der Waals surface area contributed by atoms with E-state index in [2.05, 4.69) is 31.1 Å². The van der Waals surface area contributed by atoms with Crippen molar-refractivity contribution in [2.24, 2.45) is 0 Å². The lowest BCUT2D eigenvalue weighted by atomic mass is 10.2. The summed E-state index contributed by atoms with van der Waals surface area (Å²) >= 11 is 0. The molecule has 0 aliphatic rings. The van der Waals surface area contributed by atoms with E-state index in [4.69, 9.17) is 4.74 Å². The lowest BCUT2D eigenvalue weighted by molar-refractivity contribution is 0.309. The summed E-state index contributed by atoms with van der Waals surface area (Å²) < 4.78 is 18.2. The van der Waals surface area contributed by atoms with Crippen LogP contribution in [0.15, 0.2) is 18.2 Å². The SMILES string of the molecule is CCN(C)CC(C)NCc1ccc(F)c(OC)c1. The van der Waals surface area contributed by atoms with E-state index in [1.54, 1.807) is 12.1 Å². The molecule has 0 aliphatic heterocycles. The van der Waals surface area contributed by atoms with Crippen molar-refractivity contribution in [2.45, 2.75) is 26.4 Å². The number of hydrogen-bond acceptors (Lipinski definition) is 3. The maximum absolute atomic E-state index is 13.2. The predicted octanol–water partition coefficient (Wildman–Crippen LogP) is 2.26. The Morgan fingerprint density at radius 3 is 2.78 bits per heavy atom. The zero-order valence-corrected chi connectivity index (χ0v) is 11.7. The fourth-order valence-corrected chi connectivity index (χ4v) is 1.77. The second-order valence-electron chi connectivity index (χ2n) is 4.61. The van der Waals surface area contributed by atoms with Gasteiger partial charge in [-0.2, -0.15) is 0 Å². The standard InChI is InChI=1S/C14H23FN2O/c1-5-17(3)10-11(2)16-9-12-6-7-13(15)14(8-12)18-4/h6-8,11,16H,5,9-10H2,1-4H3. The molecule has 0 amide bonds. The fraction of sp³-hybridized carbons (Fsp3) is 0.571. The molecule has 0 saturated heterocycles. The van der Waals surface area contributed by atoms with Crippen molar-refractivity contribution >= 4 is 0 Å². The highest BCUT2D eigenvalue weighted by atomic mass is 19.1. The van der Waals surface area contributed by atoms with Crippen molar-refractivity contribution in [3.8, 4) is 5.75 Å². The minimum Gasteiger partial charge on any atom is -0.494 e. The van der Waals surface area contributed by atoms with Crippen LogP contribution in [0.25, 0.3) is 0 Å². The Hall–Kier alpha value is -1.13. The Balaban J connectivity index is 2.48. The van der Waals surface area contributed by atoms with Crippen LogP contribution in [-0.4, -0.2) is 38.2 Å². The first-order valence-electron chi connectivity index (χ1n) is 6.31. The molecule has 0 aliphatic carbocycles. The minimum absolute atomic E-state index is 0.299. The Bertz CT molecular complexity index is 371. The first-order chi connectivity index (χ1) is 8.56. The third kappa shape index (κ3) is 4.63. The monoisotopic (exact) mass is 254 g/mol. The molecule has 102 valence electrons. The molecule has 1 rings (SSSR count). The van der Waals surface area contributed by atoms with Gasteiger partial charge < -0.3 is 15.0 Å². The second kappa shape index (κ2) is 7.34. The van der Waals surface area contributed by atoms with Gasteiger partial charge in [-0.05, 0) is 38.2 Å². The average molecular weight is 254 g/mol. The Kier molecular flexibility index (Phi) is 6.09. The highest BCUT2D eigenvalue weighted by Gasteiger charge is 2.06. The lowest BCUT2D eigenvalue weighted by Crippen LogP contribution is -2.36. The summed E-state index contributed by atoms with van der Waals surface area (Å²) in [6.45, 7) is 7.03. The summed E-state index contributed by atoms with van der Waals surface area (Å²) in [6, 6.07) is 5.35. The predicted molar refractivity (Wildman–Crippen MR) is 72.4 cm³/mol. The molecule has 1 atom stereocenters. The molecule has 1 aromatic carbocycles. The topological polar surface area (TPSA) is 24.5 Å². The number of likely N-dealkylation sites (N-methyl/N-ethyl adjacent to an activating group) is 1. The summed E-state index contributed by atoms with van der Waals surface area (Å²) in [5.74, 6) is -0.0207. The fourth-order valence-electron chi connectivity index (χ4n) is 1.77. The molecule has 4 heteroatoms. The molecule has 0 aromatic heterocycles. The van der Waals surface area contributed by atoms with E-state index >= 15 is 0 Å². The molecule has 1 N–H and O–H groups in total. The highest BCUT2D eigenvalue weighted by molar-refractivity contribution is 5.30. The van der Waals surface area contributed by atoms with Crippen molar-refractivity contribution in [1.82, 2.24) is 10.2 Å². The quantitative estimate of drug-likeness (QED) is 0.808. The Morgan fingerprint density at radius 1 is 1.44 bits per heavy atom. The summed E-state index contributed by atoms with van der Waals surface area (Å²) in [6.07, 6.45) is 0. The first kappa shape index (κ1) is 14.9. The molecular weight excluding hydrogens is 231 g/mol. The normalized spacial score (nSPS) is 12.8. The first-order valence-corrected chi connectivity index (χ1v) is 6.31. The van der Waals surface area contributed by atoms with E-state index in [1.165, 1.54) is 13.2 Å². The van der Waals surface area contributed by atoms with E-state index in [0.717, 1.165) is 25.2 Å². The van der Waals surface area contributed by atoms with Gasteiger partial charge in [-0.3, -0.25) is 0 Å². The molecule has 0 spiro atoms. The largest absolute Gasteiger partial charge is 0.494 e. The number of rotatable bonds is 7. The number of nitrogens with zero attached hydrogens (tertiary/aromatic N) is 1. The molecule has 3 nitrogen and oxygen atoms in total. The smallest absolute Gasteiger partial charge is 0.165 e. The van der Waals surface area contributed by atoms with Crippen LogP contribution in [0.3, 0.4) is 0 Å². The average Bonchev–Trinajstić information content (AvgIpc) is 2.37. The van der Waals surface area contributed by atoms with Gasteiger partial charge in [-0.25, -0.2) is 4.39 Å². The number of benzene rings is 1. The van der Waals surface area contributed by atoms with Crippen molar-refractivity contribution in [3.05, 3.63) is 29.6 Å². The van der Waals surface area contributed by atoms with E-state index < -0.39 is 0 Å². The van der Waals surface area contributed by atoms with Gasteiger partial charge in [0.05, 0.1) is 7.11 Å². The van der Waals surface area contributed by atoms with Gasteiger partial charge in [0.1, 0.15) is 0 Å². The van der Waals surface area contributed by atoms with E-state index in [9.17, 15) is 4.39 Å². The molecule has 0 saturated carbocycles. The van der Waals surface area contributed by atoms with E-state index in [-0.39, 0.29) is 5.82 Å². The van der Waals surface area contributed by atoms with Gasteiger partial charge in [-0.1, -0.05) is 13.0 Å². The van der Waals surface area contributed by atoms with Gasteiger partial charge in [0.2, 0.25) is 0 Å². The van der Waals surface area contributed by atoms with Crippen LogP contribution in [0.2, 0.25) is 0 Å². The maximum atomic E-state index is 13.2. The number of methoxy groups -OCH3 is 1. The van der Waals surface area contributed by atoms with Crippen LogP contribution in [0.4, 0.5) is 4.39 Å². The van der Waals surface area contributed by atoms with Gasteiger partial charge in [0, 0.05) is 19.1 Å². The van der Waals surface area contributed by atoms with E-state index in [0.29, 0.717) is 11.8 Å². The maximum Gasteiger partial charge on any atom is 0.165 e. The highest BCUT2D eigenvalue weighted by Crippen LogP contribution is 2.18. The van der Waals surface area contributed by atoms with Crippen molar-refractivity contribution in [3.63, 3.8) is 0 Å². The van der Waals surface area contributed by atoms with Crippen LogP contribution in [0.1, 0.15) is 19.4 Å². The second-order valence-corrected chi connectivity index (χ2v) is 4.61. The van der Waals surface area contributed by atoms with Crippen LogP contribution in [0.5, 0.6) is 5.75 Å². The lowest BCUT2D eigenvalue weighted by Gasteiger charge is -2.20. The van der Waals surface area contributed by atoms with Crippen molar-refractivity contribution in [1.29, 1.82) is 0 Å². The van der Waals surface area contributed by atoms with Crippen molar-refractivity contribution in [2.75, 3.05) is 27.2 Å². The molecule has 0 radical (unpaired) electrons. The van der Waals surface area contributed by atoms with Gasteiger partial charge in [0.15, 0.2) is 11.6 Å². The molecule has 18 heavy (non-hydrogen) atoms. The molecule has 0 fully saturated rings. The van der Waals surface area contributed by atoms with Gasteiger partial charge >= 0.3 is 0 Å². The van der Waals surface area contributed by atoms with Crippen LogP contribution >= 0.6 is 0 Å². The number of nitrogens with one attached hydrogen (secondary N) is 1. The van der Waals surface area contributed by atoms with Crippen LogP contribution in [-0.2, 0) is 6.54 Å². The molecule has 1 unspecified atom stereocenters. The van der Waals surface area contributed by atoms with Crippen LogP contribution in [0, 0.1) is 5.82 Å². The minimum atomic E-state index is -0.319.